The minimum atomic E-state index is -0.429. The molecule has 11 aromatic rings. The fourth-order valence-corrected chi connectivity index (χ4v) is 9.96. The first kappa shape index (κ1) is 35.0. The van der Waals surface area contributed by atoms with E-state index in [0.717, 1.165) is 44.5 Å². The van der Waals surface area contributed by atoms with Crippen molar-refractivity contribution in [1.82, 2.24) is 9.97 Å². The van der Waals surface area contributed by atoms with Gasteiger partial charge in [0.05, 0.1) is 22.3 Å². The molecule has 0 radical (unpaired) electrons. The SMILES string of the molecule is c1ccc(-c2cc(-c3ccccn3)nc3cc(-c4ccc5c(ccc6cc(-c7ccc8c(c7)C(c7ccccc7)(c7ccccc7)c7ccccc7-8)ccc65)c4)ccc23)cc1. The van der Waals surface area contributed by atoms with E-state index in [1.165, 1.54) is 66.1 Å². The normalized spacial score (nSPS) is 12.7. The summed E-state index contributed by atoms with van der Waals surface area (Å²) in [6.07, 6.45) is 1.83. The van der Waals surface area contributed by atoms with Gasteiger partial charge in [-0.15, -0.1) is 0 Å². The van der Waals surface area contributed by atoms with Crippen LogP contribution in [0.25, 0.3) is 88.3 Å². The van der Waals surface area contributed by atoms with Crippen LogP contribution in [0.4, 0.5) is 0 Å². The molecule has 0 saturated carbocycles. The maximum absolute atomic E-state index is 5.16. The molecule has 1 aliphatic carbocycles. The van der Waals surface area contributed by atoms with Gasteiger partial charge in [0.1, 0.15) is 0 Å². The maximum atomic E-state index is 5.16. The van der Waals surface area contributed by atoms with Crippen molar-refractivity contribution in [3.05, 3.63) is 253 Å². The summed E-state index contributed by atoms with van der Waals surface area (Å²) >= 11 is 0. The highest BCUT2D eigenvalue weighted by molar-refractivity contribution is 6.10. The third-order valence-electron chi connectivity index (χ3n) is 12.8. The van der Waals surface area contributed by atoms with Gasteiger partial charge in [0, 0.05) is 11.6 Å². The average Bonchev–Trinajstić information content (AvgIpc) is 3.64. The third kappa shape index (κ3) is 5.64. The summed E-state index contributed by atoms with van der Waals surface area (Å²) in [5, 5.41) is 6.05. The van der Waals surface area contributed by atoms with Crippen LogP contribution in [0.15, 0.2) is 231 Å². The Bertz CT molecular complexity index is 3410. The van der Waals surface area contributed by atoms with Gasteiger partial charge in [0.25, 0.3) is 0 Å². The second-order valence-corrected chi connectivity index (χ2v) is 16.1. The minimum Gasteiger partial charge on any atom is -0.255 e. The fourth-order valence-electron chi connectivity index (χ4n) is 9.96. The second kappa shape index (κ2) is 14.1. The molecule has 0 aliphatic heterocycles. The lowest BCUT2D eigenvalue weighted by Crippen LogP contribution is -2.28. The van der Waals surface area contributed by atoms with Crippen molar-refractivity contribution in [2.24, 2.45) is 0 Å². The lowest BCUT2D eigenvalue weighted by molar-refractivity contribution is 0.769. The molecule has 0 bridgehead atoms. The summed E-state index contributed by atoms with van der Waals surface area (Å²) in [5.74, 6) is 0. The molecule has 12 rings (SSSR count). The largest absolute Gasteiger partial charge is 0.255 e. The van der Waals surface area contributed by atoms with Crippen molar-refractivity contribution in [3.63, 3.8) is 0 Å². The minimum absolute atomic E-state index is 0.429. The van der Waals surface area contributed by atoms with Crippen LogP contribution in [0.1, 0.15) is 22.3 Å². The van der Waals surface area contributed by atoms with Crippen LogP contribution in [0.3, 0.4) is 0 Å². The van der Waals surface area contributed by atoms with Gasteiger partial charge >= 0.3 is 0 Å². The van der Waals surface area contributed by atoms with Crippen LogP contribution in [0.2, 0.25) is 0 Å². The summed E-state index contributed by atoms with van der Waals surface area (Å²) < 4.78 is 0. The van der Waals surface area contributed by atoms with E-state index in [0.29, 0.717) is 0 Å². The molecule has 2 nitrogen and oxygen atoms in total. The van der Waals surface area contributed by atoms with E-state index >= 15 is 0 Å². The lowest BCUT2D eigenvalue weighted by atomic mass is 9.67. The summed E-state index contributed by atoms with van der Waals surface area (Å²) in [6.45, 7) is 0. The van der Waals surface area contributed by atoms with E-state index in [1.807, 2.05) is 24.4 Å². The highest BCUT2D eigenvalue weighted by Gasteiger charge is 2.46. The number of benzene rings is 9. The molecule has 9 aromatic carbocycles. The van der Waals surface area contributed by atoms with Crippen LogP contribution in [0, 0.1) is 0 Å². The zero-order chi connectivity index (χ0) is 40.3. The van der Waals surface area contributed by atoms with E-state index < -0.39 is 5.41 Å². The molecule has 0 amide bonds. The smallest absolute Gasteiger partial charge is 0.0900 e. The van der Waals surface area contributed by atoms with E-state index in [-0.39, 0.29) is 0 Å². The van der Waals surface area contributed by atoms with Gasteiger partial charge in [-0.25, -0.2) is 4.98 Å². The predicted octanol–water partition coefficient (Wildman–Crippen LogP) is 15.0. The molecule has 0 atom stereocenters. The number of aromatic nitrogens is 2. The maximum Gasteiger partial charge on any atom is 0.0900 e. The Hall–Kier alpha value is -7.94. The summed E-state index contributed by atoms with van der Waals surface area (Å²) in [7, 11) is 0. The first-order chi connectivity index (χ1) is 30.2. The second-order valence-electron chi connectivity index (χ2n) is 16.1. The van der Waals surface area contributed by atoms with Gasteiger partial charge in [-0.05, 0) is 131 Å². The van der Waals surface area contributed by atoms with E-state index in [9.17, 15) is 0 Å². The van der Waals surface area contributed by atoms with E-state index in [2.05, 4.69) is 211 Å². The third-order valence-corrected chi connectivity index (χ3v) is 12.8. The molecule has 2 heteroatoms. The van der Waals surface area contributed by atoms with Crippen molar-refractivity contribution in [2.75, 3.05) is 0 Å². The van der Waals surface area contributed by atoms with Crippen LogP contribution in [-0.2, 0) is 5.41 Å². The highest BCUT2D eigenvalue weighted by atomic mass is 14.8. The molecule has 2 aromatic heterocycles. The zero-order valence-electron chi connectivity index (χ0n) is 33.3. The molecule has 0 saturated heterocycles. The molecular formula is C59H38N2. The zero-order valence-corrected chi connectivity index (χ0v) is 33.3. The molecule has 0 N–H and O–H groups in total. The van der Waals surface area contributed by atoms with Crippen molar-refractivity contribution >= 4 is 32.4 Å². The Kier molecular flexibility index (Phi) is 8.11. The van der Waals surface area contributed by atoms with Crippen LogP contribution in [-0.4, -0.2) is 9.97 Å². The standard InChI is InChI=1S/C59H38N2/c1-4-14-39(15-5-1)53-38-58(56-22-12-13-33-60-56)61-57-37-43(28-32-52(53)57)41-26-30-49-45(35-41)24-23-44-34-40(25-29-48(44)49)42-27-31-51-50-20-10-11-21-54(50)59(55(51)36-42,46-16-6-2-7-17-46)47-18-8-3-9-19-47/h1-38H. The van der Waals surface area contributed by atoms with Gasteiger partial charge in [-0.3, -0.25) is 4.98 Å². The van der Waals surface area contributed by atoms with Crippen LogP contribution < -0.4 is 0 Å². The van der Waals surface area contributed by atoms with Crippen molar-refractivity contribution in [1.29, 1.82) is 0 Å². The van der Waals surface area contributed by atoms with Crippen LogP contribution in [0.5, 0.6) is 0 Å². The summed E-state index contributed by atoms with van der Waals surface area (Å²) in [5.41, 5.74) is 17.1. The Morgan fingerprint density at radius 2 is 0.852 bits per heavy atom. The number of nitrogens with zero attached hydrogens (tertiary/aromatic N) is 2. The highest BCUT2D eigenvalue weighted by Crippen LogP contribution is 2.56. The first-order valence-electron chi connectivity index (χ1n) is 21.0. The Balaban J connectivity index is 0.943. The molecule has 284 valence electrons. The van der Waals surface area contributed by atoms with Gasteiger partial charge in [0.15, 0.2) is 0 Å². The number of rotatable bonds is 6. The fraction of sp³-hybridized carbons (Fsp3) is 0.0169. The van der Waals surface area contributed by atoms with E-state index in [4.69, 9.17) is 4.98 Å². The van der Waals surface area contributed by atoms with Crippen LogP contribution >= 0.6 is 0 Å². The quantitative estimate of drug-likeness (QED) is 0.157. The summed E-state index contributed by atoms with van der Waals surface area (Å²) in [4.78, 5) is 9.80. The predicted molar refractivity (Wildman–Crippen MR) is 254 cm³/mol. The van der Waals surface area contributed by atoms with Crippen molar-refractivity contribution < 1.29 is 0 Å². The number of pyridine rings is 2. The first-order valence-corrected chi connectivity index (χ1v) is 21.0. The molecule has 0 unspecified atom stereocenters. The lowest BCUT2D eigenvalue weighted by Gasteiger charge is -2.34. The van der Waals surface area contributed by atoms with Gasteiger partial charge in [-0.1, -0.05) is 182 Å². The van der Waals surface area contributed by atoms with E-state index in [1.54, 1.807) is 0 Å². The van der Waals surface area contributed by atoms with Gasteiger partial charge in [-0.2, -0.15) is 0 Å². The topological polar surface area (TPSA) is 25.8 Å². The molecular weight excluding hydrogens is 737 g/mol. The molecule has 61 heavy (non-hydrogen) atoms. The van der Waals surface area contributed by atoms with Crippen molar-refractivity contribution in [2.45, 2.75) is 5.41 Å². The Morgan fingerprint density at radius 1 is 0.311 bits per heavy atom. The molecule has 1 aliphatic rings. The molecule has 0 spiro atoms. The number of fused-ring (bicyclic) bond motifs is 7. The Morgan fingerprint density at radius 3 is 1.51 bits per heavy atom. The Labute approximate surface area is 355 Å². The number of hydrogen-bond donors (Lipinski definition) is 0. The van der Waals surface area contributed by atoms with Crippen molar-refractivity contribution in [3.8, 4) is 55.9 Å². The number of hydrogen-bond acceptors (Lipinski definition) is 2. The van der Waals surface area contributed by atoms with Gasteiger partial charge < -0.3 is 0 Å². The average molecular weight is 775 g/mol. The van der Waals surface area contributed by atoms with Gasteiger partial charge in [0.2, 0.25) is 0 Å². The molecule has 0 fully saturated rings. The summed E-state index contributed by atoms with van der Waals surface area (Å²) in [6, 6.07) is 81.8. The molecule has 2 heterocycles. The monoisotopic (exact) mass is 774 g/mol.